The summed E-state index contributed by atoms with van der Waals surface area (Å²) in [6.07, 6.45) is 3.55. The van der Waals surface area contributed by atoms with Gasteiger partial charge in [0.25, 0.3) is 0 Å². The molecular weight excluding hydrogens is 428 g/mol. The monoisotopic (exact) mass is 457 g/mol. The molecule has 4 nitrogen and oxygen atoms in total. The number of hydrogen-bond donors (Lipinski definition) is 2. The molecule has 0 spiro atoms. The van der Waals surface area contributed by atoms with Crippen LogP contribution in [0.15, 0.2) is 48.3 Å². The van der Waals surface area contributed by atoms with Crippen LogP contribution in [0.4, 0.5) is 8.78 Å². The van der Waals surface area contributed by atoms with Crippen LogP contribution in [-0.4, -0.2) is 42.3 Å². The zero-order chi connectivity index (χ0) is 22.5. The normalized spacial score (nSPS) is 18.9. The third-order valence-electron chi connectivity index (χ3n) is 6.16. The van der Waals surface area contributed by atoms with Gasteiger partial charge >= 0.3 is 0 Å². The van der Waals surface area contributed by atoms with E-state index in [1.807, 2.05) is 42.5 Å². The quantitative estimate of drug-likeness (QED) is 0.359. The Balaban J connectivity index is 1.52. The third kappa shape index (κ3) is 5.17. The molecule has 1 aliphatic carbocycles. The summed E-state index contributed by atoms with van der Waals surface area (Å²) in [7, 11) is 0. The molecule has 1 heterocycles. The van der Waals surface area contributed by atoms with Crippen molar-refractivity contribution >= 4 is 22.8 Å². The van der Waals surface area contributed by atoms with E-state index >= 15 is 4.39 Å². The van der Waals surface area contributed by atoms with Crippen LogP contribution in [0.25, 0.3) is 5.57 Å². The second-order valence-electron chi connectivity index (χ2n) is 8.37. The molecule has 1 atom stereocenters. The lowest BCUT2D eigenvalue weighted by Crippen LogP contribution is -2.29. The molecule has 1 unspecified atom stereocenters. The minimum absolute atomic E-state index is 0.0935. The van der Waals surface area contributed by atoms with Gasteiger partial charge < -0.3 is 10.2 Å². The maximum atomic E-state index is 15.1. The van der Waals surface area contributed by atoms with Gasteiger partial charge in [-0.15, -0.1) is 0 Å². The van der Waals surface area contributed by atoms with Crippen molar-refractivity contribution in [2.45, 2.75) is 38.2 Å². The van der Waals surface area contributed by atoms with Gasteiger partial charge in [-0.3, -0.25) is 9.29 Å². The van der Waals surface area contributed by atoms with Gasteiger partial charge in [-0.25, -0.2) is 10.2 Å². The Morgan fingerprint density at radius 3 is 2.75 bits per heavy atom. The largest absolute Gasteiger partial charge is 0.489 e. The number of likely N-dealkylation sites (tertiary alicyclic amines) is 1. The molecule has 1 fully saturated rings. The fraction of sp³-hybridized carbons (Fsp3) is 0.400. The van der Waals surface area contributed by atoms with Crippen molar-refractivity contribution in [3.8, 4) is 5.75 Å². The number of halogens is 2. The summed E-state index contributed by atoms with van der Waals surface area (Å²) < 4.78 is 33.7. The van der Waals surface area contributed by atoms with Gasteiger partial charge in [0.05, 0.1) is 6.67 Å². The molecule has 0 bridgehead atoms. The zero-order valence-corrected chi connectivity index (χ0v) is 18.9. The number of nitrogens with zero attached hydrogens (tertiary/aromatic N) is 1. The summed E-state index contributed by atoms with van der Waals surface area (Å²) in [5, 5.41) is 0. The van der Waals surface area contributed by atoms with E-state index in [9.17, 15) is 4.39 Å². The number of allylic oxidation sites excluding steroid dienone is 1. The lowest BCUT2D eigenvalue weighted by Gasteiger charge is -2.17. The molecule has 3 N–H and O–H groups in total. The van der Waals surface area contributed by atoms with Gasteiger partial charge in [0, 0.05) is 37.2 Å². The van der Waals surface area contributed by atoms with Gasteiger partial charge in [-0.2, -0.15) is 0 Å². The van der Waals surface area contributed by atoms with E-state index in [1.54, 1.807) is 0 Å². The van der Waals surface area contributed by atoms with Crippen molar-refractivity contribution < 1.29 is 13.5 Å². The number of benzene rings is 2. The van der Waals surface area contributed by atoms with Gasteiger partial charge in [-0.1, -0.05) is 36.5 Å². The van der Waals surface area contributed by atoms with E-state index in [1.165, 1.54) is 0 Å². The predicted molar refractivity (Wildman–Crippen MR) is 128 cm³/mol. The SMILES string of the molecule is NNC(=S)c1ccc2c(c1)CCCC(F)=C2c1ccc(OC2CCN(CCCF)C2)cc1. The summed E-state index contributed by atoms with van der Waals surface area (Å²) >= 11 is 5.25. The number of aryl methyl sites for hydroxylation is 1. The number of nitrogens with two attached hydrogens (primary N) is 1. The van der Waals surface area contributed by atoms with Crippen molar-refractivity contribution in [3.05, 3.63) is 70.5 Å². The Labute approximate surface area is 193 Å². The summed E-state index contributed by atoms with van der Waals surface area (Å²) in [6.45, 7) is 2.24. The Kier molecular flexibility index (Phi) is 7.50. The van der Waals surface area contributed by atoms with E-state index in [0.717, 1.165) is 66.9 Å². The molecule has 0 aromatic heterocycles. The molecule has 170 valence electrons. The van der Waals surface area contributed by atoms with E-state index < -0.39 is 0 Å². The first kappa shape index (κ1) is 22.8. The van der Waals surface area contributed by atoms with Gasteiger partial charge in [0.2, 0.25) is 0 Å². The van der Waals surface area contributed by atoms with Crippen LogP contribution in [-0.2, 0) is 6.42 Å². The molecule has 2 aromatic rings. The van der Waals surface area contributed by atoms with E-state index in [0.29, 0.717) is 23.4 Å². The first-order valence-electron chi connectivity index (χ1n) is 11.2. The standard InChI is InChI=1S/C25H29F2N3OS/c26-12-2-13-30-14-11-21(16-30)31-20-8-5-17(6-9-20)24-22-10-7-19(25(32)29-28)15-18(22)3-1-4-23(24)27/h5-10,15,21H,1-4,11-14,16,28H2,(H,29,32). The fourth-order valence-electron chi connectivity index (χ4n) is 4.56. The molecule has 32 heavy (non-hydrogen) atoms. The van der Waals surface area contributed by atoms with Crippen LogP contribution in [0.1, 0.15) is 47.9 Å². The summed E-state index contributed by atoms with van der Waals surface area (Å²) in [5.41, 5.74) is 6.80. The van der Waals surface area contributed by atoms with Crippen LogP contribution in [0.3, 0.4) is 0 Å². The first-order valence-corrected chi connectivity index (χ1v) is 11.6. The second-order valence-corrected chi connectivity index (χ2v) is 8.78. The van der Waals surface area contributed by atoms with Crippen molar-refractivity contribution in [1.29, 1.82) is 0 Å². The number of fused-ring (bicyclic) bond motifs is 1. The van der Waals surface area contributed by atoms with Crippen LogP contribution in [0.2, 0.25) is 0 Å². The fourth-order valence-corrected chi connectivity index (χ4v) is 4.69. The number of alkyl halides is 1. The highest BCUT2D eigenvalue weighted by atomic mass is 32.1. The number of thiocarbonyl (C=S) groups is 1. The van der Waals surface area contributed by atoms with E-state index in [2.05, 4.69) is 10.3 Å². The van der Waals surface area contributed by atoms with Gasteiger partial charge in [-0.05, 0) is 60.6 Å². The Bertz CT molecular complexity index is 993. The highest BCUT2D eigenvalue weighted by molar-refractivity contribution is 7.80. The molecular formula is C25H29F2N3OS. The molecule has 0 saturated carbocycles. The van der Waals surface area contributed by atoms with Crippen LogP contribution in [0.5, 0.6) is 5.75 Å². The molecule has 7 heteroatoms. The highest BCUT2D eigenvalue weighted by Crippen LogP contribution is 2.37. The number of ether oxygens (including phenoxy) is 1. The summed E-state index contributed by atoms with van der Waals surface area (Å²) in [6, 6.07) is 13.5. The van der Waals surface area contributed by atoms with Gasteiger partial charge in [0.15, 0.2) is 0 Å². The molecule has 0 amide bonds. The zero-order valence-electron chi connectivity index (χ0n) is 18.1. The van der Waals surface area contributed by atoms with Crippen LogP contribution >= 0.6 is 12.2 Å². The Morgan fingerprint density at radius 2 is 2.00 bits per heavy atom. The number of hydrogen-bond acceptors (Lipinski definition) is 4. The summed E-state index contributed by atoms with van der Waals surface area (Å²) in [4.78, 5) is 2.71. The van der Waals surface area contributed by atoms with Crippen molar-refractivity contribution in [3.63, 3.8) is 0 Å². The minimum atomic E-state index is -0.281. The molecule has 4 rings (SSSR count). The third-order valence-corrected chi connectivity index (χ3v) is 6.52. The smallest absolute Gasteiger partial charge is 0.120 e. The Morgan fingerprint density at radius 1 is 1.19 bits per heavy atom. The van der Waals surface area contributed by atoms with E-state index in [-0.39, 0.29) is 18.6 Å². The Hall–Kier alpha value is -2.35. The topological polar surface area (TPSA) is 50.5 Å². The highest BCUT2D eigenvalue weighted by Gasteiger charge is 2.24. The minimum Gasteiger partial charge on any atom is -0.489 e. The second kappa shape index (κ2) is 10.5. The molecule has 1 aliphatic heterocycles. The van der Waals surface area contributed by atoms with E-state index in [4.69, 9.17) is 22.8 Å². The molecule has 2 aliphatic rings. The van der Waals surface area contributed by atoms with Crippen LogP contribution in [0, 0.1) is 0 Å². The van der Waals surface area contributed by atoms with Crippen LogP contribution < -0.4 is 16.0 Å². The first-order chi connectivity index (χ1) is 15.6. The average molecular weight is 458 g/mol. The molecule has 2 aromatic carbocycles. The lowest BCUT2D eigenvalue weighted by atomic mass is 9.92. The van der Waals surface area contributed by atoms with Gasteiger partial charge in [0.1, 0.15) is 22.7 Å². The number of hydrazine groups is 1. The maximum Gasteiger partial charge on any atom is 0.120 e. The number of rotatable bonds is 7. The van der Waals surface area contributed by atoms with Crippen molar-refractivity contribution in [2.24, 2.45) is 5.84 Å². The molecule has 1 saturated heterocycles. The predicted octanol–water partition coefficient (Wildman–Crippen LogP) is 4.70. The van der Waals surface area contributed by atoms with Crippen molar-refractivity contribution in [1.82, 2.24) is 10.3 Å². The maximum absolute atomic E-state index is 15.1. The lowest BCUT2D eigenvalue weighted by molar-refractivity contribution is 0.198. The summed E-state index contributed by atoms with van der Waals surface area (Å²) in [5.74, 6) is 6.14. The molecule has 0 radical (unpaired) electrons. The number of nitrogens with one attached hydrogen (secondary N) is 1. The average Bonchev–Trinajstić information content (AvgIpc) is 3.19. The van der Waals surface area contributed by atoms with Crippen molar-refractivity contribution in [2.75, 3.05) is 26.3 Å².